The summed E-state index contributed by atoms with van der Waals surface area (Å²) in [5.74, 6) is 1.61. The molecule has 204 valence electrons. The van der Waals surface area contributed by atoms with Gasteiger partial charge in [-0.3, -0.25) is 0 Å². The van der Waals surface area contributed by atoms with Gasteiger partial charge in [-0.25, -0.2) is 18.1 Å². The number of rotatable bonds is 11. The second kappa shape index (κ2) is 12.7. The minimum Gasteiger partial charge on any atom is -0.492 e. The Bertz CT molecular complexity index is 1350. The highest BCUT2D eigenvalue weighted by molar-refractivity contribution is 9.10. The molecule has 1 aliphatic rings. The van der Waals surface area contributed by atoms with Gasteiger partial charge in [0.15, 0.2) is 0 Å². The highest BCUT2D eigenvalue weighted by Crippen LogP contribution is 2.34. The van der Waals surface area contributed by atoms with Crippen LogP contribution in [0.3, 0.4) is 0 Å². The second-order valence-electron chi connectivity index (χ2n) is 9.09. The van der Waals surface area contributed by atoms with Gasteiger partial charge in [0, 0.05) is 37.6 Å². The maximum atomic E-state index is 12.9. The summed E-state index contributed by atoms with van der Waals surface area (Å²) in [6.45, 7) is 9.74. The van der Waals surface area contributed by atoms with E-state index in [4.69, 9.17) is 9.47 Å². The van der Waals surface area contributed by atoms with Crippen molar-refractivity contribution in [3.63, 3.8) is 0 Å². The molecule has 0 unspecified atom stereocenters. The summed E-state index contributed by atoms with van der Waals surface area (Å²) in [6, 6.07) is 12.7. The van der Waals surface area contributed by atoms with Crippen LogP contribution in [-0.4, -0.2) is 57.8 Å². The third-order valence-corrected chi connectivity index (χ3v) is 7.81. The highest BCUT2D eigenvalue weighted by Gasteiger charge is 2.20. The first-order valence-corrected chi connectivity index (χ1v) is 14.8. The average molecular weight is 606 g/mol. The summed E-state index contributed by atoms with van der Waals surface area (Å²) in [5, 5.41) is 6.38. The minimum absolute atomic E-state index is 0.137. The molecule has 1 fully saturated rings. The second-order valence-corrected chi connectivity index (χ2v) is 11.7. The van der Waals surface area contributed by atoms with Crippen molar-refractivity contribution in [3.05, 3.63) is 53.1 Å². The maximum absolute atomic E-state index is 12.9. The molecule has 2 heterocycles. The first kappa shape index (κ1) is 28.1. The van der Waals surface area contributed by atoms with Crippen molar-refractivity contribution in [1.29, 1.82) is 0 Å². The van der Waals surface area contributed by atoms with E-state index >= 15 is 0 Å². The quantitative estimate of drug-likeness (QED) is 0.281. The number of anilines is 5. The number of hydrogen-bond donors (Lipinski definition) is 3. The smallest absolute Gasteiger partial charge is 0.242 e. The maximum Gasteiger partial charge on any atom is 0.242 e. The summed E-state index contributed by atoms with van der Waals surface area (Å²) >= 11 is 3.47. The Morgan fingerprint density at radius 1 is 1.11 bits per heavy atom. The van der Waals surface area contributed by atoms with Gasteiger partial charge in [0.1, 0.15) is 16.5 Å². The highest BCUT2D eigenvalue weighted by atomic mass is 79.9. The van der Waals surface area contributed by atoms with Gasteiger partial charge in [-0.15, -0.1) is 0 Å². The van der Waals surface area contributed by atoms with Gasteiger partial charge in [0.05, 0.1) is 35.7 Å². The van der Waals surface area contributed by atoms with Crippen LogP contribution >= 0.6 is 15.9 Å². The van der Waals surface area contributed by atoms with E-state index in [9.17, 15) is 8.42 Å². The summed E-state index contributed by atoms with van der Waals surface area (Å²) in [6.07, 6.45) is 1.61. The van der Waals surface area contributed by atoms with E-state index in [-0.39, 0.29) is 10.8 Å². The lowest BCUT2D eigenvalue weighted by Crippen LogP contribution is -2.36. The number of sulfonamides is 1. The molecule has 0 amide bonds. The van der Waals surface area contributed by atoms with Gasteiger partial charge in [-0.1, -0.05) is 26.0 Å². The molecule has 0 saturated carbocycles. The van der Waals surface area contributed by atoms with E-state index in [1.807, 2.05) is 39.0 Å². The summed E-state index contributed by atoms with van der Waals surface area (Å²) in [5.41, 5.74) is 2.18. The molecule has 0 aliphatic carbocycles. The first-order chi connectivity index (χ1) is 18.3. The molecule has 3 N–H and O–H groups in total. The number of aromatic nitrogens is 2. The predicted octanol–water partition coefficient (Wildman–Crippen LogP) is 4.90. The lowest BCUT2D eigenvalue weighted by molar-refractivity contribution is 0.122. The van der Waals surface area contributed by atoms with E-state index in [0.29, 0.717) is 54.0 Å². The van der Waals surface area contributed by atoms with Crippen LogP contribution in [-0.2, 0) is 14.8 Å². The van der Waals surface area contributed by atoms with Crippen LogP contribution in [0, 0.1) is 5.92 Å². The van der Waals surface area contributed by atoms with Crippen molar-refractivity contribution in [3.8, 4) is 5.75 Å². The van der Waals surface area contributed by atoms with E-state index < -0.39 is 10.0 Å². The molecular formula is C26H33BrN6O4S. The molecule has 38 heavy (non-hydrogen) atoms. The molecule has 4 rings (SSSR count). The molecule has 12 heteroatoms. The topological polar surface area (TPSA) is 118 Å². The third-order valence-electron chi connectivity index (χ3n) is 5.74. The Labute approximate surface area is 232 Å². The van der Waals surface area contributed by atoms with Crippen LogP contribution in [0.15, 0.2) is 58.0 Å². The van der Waals surface area contributed by atoms with E-state index in [2.05, 4.69) is 46.2 Å². The Balaban J connectivity index is 1.58. The molecule has 0 spiro atoms. The lowest BCUT2D eigenvalue weighted by Gasteiger charge is -2.29. The molecule has 0 bridgehead atoms. The van der Waals surface area contributed by atoms with Gasteiger partial charge in [-0.05, 0) is 53.0 Å². The number of benzene rings is 2. The van der Waals surface area contributed by atoms with Crippen molar-refractivity contribution >= 4 is 54.8 Å². The van der Waals surface area contributed by atoms with Gasteiger partial charge in [0.25, 0.3) is 0 Å². The van der Waals surface area contributed by atoms with E-state index in [0.717, 1.165) is 24.5 Å². The van der Waals surface area contributed by atoms with E-state index in [1.54, 1.807) is 30.5 Å². The number of hydrogen-bond acceptors (Lipinski definition) is 9. The predicted molar refractivity (Wildman–Crippen MR) is 153 cm³/mol. The number of morpholine rings is 1. The molecular weight excluding hydrogens is 572 g/mol. The average Bonchev–Trinajstić information content (AvgIpc) is 2.91. The molecule has 10 nitrogen and oxygen atoms in total. The Kier molecular flexibility index (Phi) is 9.42. The van der Waals surface area contributed by atoms with Crippen LogP contribution in [0.1, 0.15) is 20.8 Å². The van der Waals surface area contributed by atoms with Gasteiger partial charge >= 0.3 is 0 Å². The van der Waals surface area contributed by atoms with E-state index in [1.165, 1.54) is 0 Å². The zero-order valence-corrected chi connectivity index (χ0v) is 24.1. The molecule has 1 aromatic heterocycles. The van der Waals surface area contributed by atoms with Crippen LogP contribution < -0.4 is 25.0 Å². The Morgan fingerprint density at radius 2 is 1.87 bits per heavy atom. The van der Waals surface area contributed by atoms with Crippen molar-refractivity contribution in [2.45, 2.75) is 25.7 Å². The third kappa shape index (κ3) is 7.13. The van der Waals surface area contributed by atoms with Gasteiger partial charge < -0.3 is 25.0 Å². The lowest BCUT2D eigenvalue weighted by atomic mass is 10.2. The van der Waals surface area contributed by atoms with Crippen LogP contribution in [0.5, 0.6) is 5.75 Å². The Hall–Kier alpha value is -2.93. The molecule has 2 aromatic carbocycles. The van der Waals surface area contributed by atoms with Crippen LogP contribution in [0.25, 0.3) is 0 Å². The standard InChI is InChI=1S/C26H33BrN6O4S/c1-4-37-23-15-19(33-11-13-36-14-12-33)9-10-21(23)31-26-28-17-20(27)25(32-26)30-22-7-5-6-8-24(22)38(34,35)29-16-18(2)3/h5-10,15,17-18,29H,4,11-14,16H2,1-3H3,(H2,28,30,31,32). The summed E-state index contributed by atoms with van der Waals surface area (Å²) in [4.78, 5) is 11.4. The summed E-state index contributed by atoms with van der Waals surface area (Å²) < 4.78 is 40.5. The number of halogens is 1. The molecule has 3 aromatic rings. The molecule has 1 aliphatic heterocycles. The zero-order chi connectivity index (χ0) is 27.1. The van der Waals surface area contributed by atoms with Gasteiger partial charge in [0.2, 0.25) is 16.0 Å². The molecule has 0 radical (unpaired) electrons. The van der Waals surface area contributed by atoms with Crippen LogP contribution in [0.4, 0.5) is 28.8 Å². The fourth-order valence-corrected chi connectivity index (χ4v) is 5.49. The van der Waals surface area contributed by atoms with Crippen molar-refractivity contribution in [2.75, 3.05) is 55.0 Å². The SMILES string of the molecule is CCOc1cc(N2CCOCC2)ccc1Nc1ncc(Br)c(Nc2ccccc2S(=O)(=O)NCC(C)C)n1. The minimum atomic E-state index is -3.72. The normalized spacial score (nSPS) is 14.0. The molecule has 1 saturated heterocycles. The van der Waals surface area contributed by atoms with Crippen LogP contribution in [0.2, 0.25) is 0 Å². The number of para-hydroxylation sites is 1. The zero-order valence-electron chi connectivity index (χ0n) is 21.7. The largest absolute Gasteiger partial charge is 0.492 e. The number of nitrogens with zero attached hydrogens (tertiary/aromatic N) is 3. The fraction of sp³-hybridized carbons (Fsp3) is 0.385. The van der Waals surface area contributed by atoms with Crippen molar-refractivity contribution in [1.82, 2.24) is 14.7 Å². The Morgan fingerprint density at radius 3 is 2.61 bits per heavy atom. The number of ether oxygens (including phenoxy) is 2. The summed E-state index contributed by atoms with van der Waals surface area (Å²) in [7, 11) is -3.72. The van der Waals surface area contributed by atoms with Crippen molar-refractivity contribution < 1.29 is 17.9 Å². The first-order valence-electron chi connectivity index (χ1n) is 12.5. The molecule has 0 atom stereocenters. The van der Waals surface area contributed by atoms with Crippen molar-refractivity contribution in [2.24, 2.45) is 5.92 Å². The number of nitrogens with one attached hydrogen (secondary N) is 3. The van der Waals surface area contributed by atoms with Gasteiger partial charge in [-0.2, -0.15) is 4.98 Å². The monoisotopic (exact) mass is 604 g/mol. The fourth-order valence-electron chi connectivity index (χ4n) is 3.83.